The summed E-state index contributed by atoms with van der Waals surface area (Å²) in [5.41, 5.74) is 13.9. The molecule has 1 aliphatic carbocycles. The molecule has 0 bridgehead atoms. The summed E-state index contributed by atoms with van der Waals surface area (Å²) in [6, 6.07) is 15.1. The van der Waals surface area contributed by atoms with E-state index in [0.717, 1.165) is 23.3 Å². The summed E-state index contributed by atoms with van der Waals surface area (Å²) in [5.74, 6) is 1.24. The number of benzene rings is 2. The number of hydrogen-bond acceptors (Lipinski definition) is 5. The Balaban J connectivity index is 1.36. The second kappa shape index (κ2) is 7.58. The summed E-state index contributed by atoms with van der Waals surface area (Å²) in [7, 11) is 1.98. The largest absolute Gasteiger partial charge is 0.341 e. The van der Waals surface area contributed by atoms with Gasteiger partial charge in [0.1, 0.15) is 5.82 Å². The average Bonchev–Trinajstić information content (AvgIpc) is 3.46. The molecule has 6 nitrogen and oxygen atoms in total. The molecule has 160 valence electrons. The van der Waals surface area contributed by atoms with Crippen LogP contribution in [0.25, 0.3) is 27.4 Å². The van der Waals surface area contributed by atoms with Crippen LogP contribution in [0.15, 0.2) is 72.7 Å². The number of H-pyrrole nitrogens is 1. The van der Waals surface area contributed by atoms with Crippen molar-refractivity contribution in [3.8, 4) is 0 Å². The fraction of sp³-hybridized carbons (Fsp3) is 0.231. The first-order chi connectivity index (χ1) is 15.7. The van der Waals surface area contributed by atoms with E-state index in [9.17, 15) is 0 Å². The van der Waals surface area contributed by atoms with Gasteiger partial charge in [-0.2, -0.15) is 0 Å². The first-order valence-electron chi connectivity index (χ1n) is 11.1. The quantitative estimate of drug-likeness (QED) is 0.389. The molecule has 1 aliphatic heterocycles. The highest BCUT2D eigenvalue weighted by Crippen LogP contribution is 2.41. The lowest BCUT2D eigenvalue weighted by Crippen LogP contribution is -2.25. The van der Waals surface area contributed by atoms with Crippen molar-refractivity contribution in [3.63, 3.8) is 0 Å². The number of aromatic nitrogens is 3. The Bertz CT molecular complexity index is 1380. The van der Waals surface area contributed by atoms with Gasteiger partial charge in [0.05, 0.1) is 17.1 Å². The number of imidazole rings is 1. The molecule has 1 fully saturated rings. The van der Waals surface area contributed by atoms with E-state index in [4.69, 9.17) is 4.98 Å². The number of fused-ring (bicyclic) bond motifs is 3. The number of nitrogens with zero attached hydrogens (tertiary/aromatic N) is 2. The van der Waals surface area contributed by atoms with Crippen molar-refractivity contribution in [2.45, 2.75) is 25.4 Å². The van der Waals surface area contributed by atoms with Crippen molar-refractivity contribution < 1.29 is 0 Å². The standard InChI is InChI=1S/C26H26N6/c1-15(27-2)18-8-5-9-23-24(18)30-26(29-23)25-20-12-16(10-11-22(20)31-32-25)21-14-28-13-17-6-3-4-7-19(17)21/h3-11,13-15,20,25,27,31-32H,12H2,1-2H3,(H,29,30). The smallest absolute Gasteiger partial charge is 0.126 e. The number of hydrogen-bond donors (Lipinski definition) is 4. The summed E-state index contributed by atoms with van der Waals surface area (Å²) < 4.78 is 0. The fourth-order valence-corrected chi connectivity index (χ4v) is 4.98. The molecular weight excluding hydrogens is 396 g/mol. The summed E-state index contributed by atoms with van der Waals surface area (Å²) in [6.45, 7) is 2.16. The van der Waals surface area contributed by atoms with Gasteiger partial charge in [0, 0.05) is 41.0 Å². The molecule has 0 saturated carbocycles. The second-order valence-corrected chi connectivity index (χ2v) is 8.66. The van der Waals surface area contributed by atoms with Crippen LogP contribution >= 0.6 is 0 Å². The Morgan fingerprint density at radius 3 is 2.88 bits per heavy atom. The van der Waals surface area contributed by atoms with E-state index in [1.54, 1.807) is 0 Å². The number of pyridine rings is 1. The molecule has 0 spiro atoms. The zero-order valence-electron chi connectivity index (χ0n) is 18.2. The zero-order valence-corrected chi connectivity index (χ0v) is 18.2. The number of hydrazine groups is 1. The molecule has 0 radical (unpaired) electrons. The van der Waals surface area contributed by atoms with Gasteiger partial charge in [-0.15, -0.1) is 0 Å². The van der Waals surface area contributed by atoms with Crippen molar-refractivity contribution in [2.24, 2.45) is 5.92 Å². The van der Waals surface area contributed by atoms with Crippen molar-refractivity contribution in [3.05, 3.63) is 89.7 Å². The molecule has 3 atom stereocenters. The van der Waals surface area contributed by atoms with E-state index >= 15 is 0 Å². The Labute approximate surface area is 186 Å². The monoisotopic (exact) mass is 422 g/mol. The van der Waals surface area contributed by atoms with Crippen LogP contribution in [0.3, 0.4) is 0 Å². The number of allylic oxidation sites excluding steroid dienone is 3. The lowest BCUT2D eigenvalue weighted by atomic mass is 9.83. The minimum Gasteiger partial charge on any atom is -0.341 e. The molecule has 3 unspecified atom stereocenters. The first-order valence-corrected chi connectivity index (χ1v) is 11.1. The minimum absolute atomic E-state index is 0.0676. The van der Waals surface area contributed by atoms with Crippen molar-refractivity contribution in [1.29, 1.82) is 0 Å². The highest BCUT2D eigenvalue weighted by molar-refractivity contribution is 5.93. The molecule has 1 saturated heterocycles. The zero-order chi connectivity index (χ0) is 21.7. The fourth-order valence-electron chi connectivity index (χ4n) is 4.98. The third kappa shape index (κ3) is 3.03. The number of para-hydroxylation sites is 1. The first kappa shape index (κ1) is 19.2. The summed E-state index contributed by atoms with van der Waals surface area (Å²) >= 11 is 0. The van der Waals surface area contributed by atoms with Crippen LogP contribution in [0, 0.1) is 5.92 Å². The molecule has 4 aromatic rings. The molecule has 6 rings (SSSR count). The maximum Gasteiger partial charge on any atom is 0.126 e. The van der Waals surface area contributed by atoms with Crippen molar-refractivity contribution >= 4 is 27.4 Å². The van der Waals surface area contributed by atoms with Crippen LogP contribution in [0.4, 0.5) is 0 Å². The second-order valence-electron chi connectivity index (χ2n) is 8.66. The molecule has 6 heteroatoms. The Kier molecular flexibility index (Phi) is 4.56. The van der Waals surface area contributed by atoms with Crippen LogP contribution in [-0.4, -0.2) is 22.0 Å². The van der Waals surface area contributed by atoms with E-state index in [1.165, 1.54) is 33.2 Å². The molecule has 2 aromatic carbocycles. The molecule has 4 N–H and O–H groups in total. The maximum atomic E-state index is 5.05. The van der Waals surface area contributed by atoms with Crippen molar-refractivity contribution in [1.82, 2.24) is 31.1 Å². The van der Waals surface area contributed by atoms with Gasteiger partial charge in [-0.1, -0.05) is 42.5 Å². The van der Waals surface area contributed by atoms with Gasteiger partial charge < -0.3 is 15.7 Å². The molecule has 32 heavy (non-hydrogen) atoms. The third-order valence-electron chi connectivity index (χ3n) is 6.85. The van der Waals surface area contributed by atoms with E-state index in [2.05, 4.69) is 87.7 Å². The SMILES string of the molecule is CNC(C)c1cccc2[nH]c(C3NNC4=CC=C(c5cncc6ccccc56)CC43)nc12. The lowest BCUT2D eigenvalue weighted by molar-refractivity contribution is 0.472. The van der Waals surface area contributed by atoms with Gasteiger partial charge in [0.15, 0.2) is 0 Å². The van der Waals surface area contributed by atoms with Crippen LogP contribution in [0.2, 0.25) is 0 Å². The van der Waals surface area contributed by atoms with Gasteiger partial charge in [-0.25, -0.2) is 10.4 Å². The van der Waals surface area contributed by atoms with Crippen LogP contribution in [0.1, 0.15) is 42.4 Å². The topological polar surface area (TPSA) is 77.7 Å². The summed E-state index contributed by atoms with van der Waals surface area (Å²) in [4.78, 5) is 13.1. The van der Waals surface area contributed by atoms with Gasteiger partial charge in [-0.3, -0.25) is 4.98 Å². The molecule has 2 aromatic heterocycles. The normalized spacial score (nSPS) is 21.2. The van der Waals surface area contributed by atoms with Gasteiger partial charge in [-0.05, 0) is 49.1 Å². The average molecular weight is 423 g/mol. The third-order valence-corrected chi connectivity index (χ3v) is 6.85. The Morgan fingerprint density at radius 2 is 1.97 bits per heavy atom. The lowest BCUT2D eigenvalue weighted by Gasteiger charge is -2.22. The van der Waals surface area contributed by atoms with Gasteiger partial charge in [0.25, 0.3) is 0 Å². The van der Waals surface area contributed by atoms with E-state index in [-0.39, 0.29) is 18.0 Å². The predicted molar refractivity (Wildman–Crippen MR) is 128 cm³/mol. The number of rotatable bonds is 4. The molecule has 3 heterocycles. The van der Waals surface area contributed by atoms with Gasteiger partial charge in [0.2, 0.25) is 0 Å². The minimum atomic E-state index is 0.0676. The van der Waals surface area contributed by atoms with Crippen LogP contribution < -0.4 is 16.2 Å². The Hall–Kier alpha value is -3.48. The highest BCUT2D eigenvalue weighted by atomic mass is 15.4. The molecular formula is C26H26N6. The summed E-state index contributed by atoms with van der Waals surface area (Å²) in [5, 5.41) is 5.75. The molecule has 0 amide bonds. The van der Waals surface area contributed by atoms with E-state index < -0.39 is 0 Å². The highest BCUT2D eigenvalue weighted by Gasteiger charge is 2.37. The van der Waals surface area contributed by atoms with E-state index in [1.807, 2.05) is 19.4 Å². The van der Waals surface area contributed by atoms with Crippen LogP contribution in [0.5, 0.6) is 0 Å². The predicted octanol–water partition coefficient (Wildman–Crippen LogP) is 4.53. The van der Waals surface area contributed by atoms with E-state index in [0.29, 0.717) is 0 Å². The van der Waals surface area contributed by atoms with Crippen molar-refractivity contribution in [2.75, 3.05) is 7.05 Å². The number of nitrogens with one attached hydrogen (secondary N) is 4. The number of aromatic amines is 1. The van der Waals surface area contributed by atoms with Crippen LogP contribution in [-0.2, 0) is 0 Å². The molecule has 2 aliphatic rings. The summed E-state index contributed by atoms with van der Waals surface area (Å²) in [6.07, 6.45) is 9.25. The Morgan fingerprint density at radius 1 is 1.06 bits per heavy atom. The maximum absolute atomic E-state index is 5.05. The van der Waals surface area contributed by atoms with Gasteiger partial charge >= 0.3 is 0 Å².